The lowest BCUT2D eigenvalue weighted by Crippen LogP contribution is -2.33. The first-order chi connectivity index (χ1) is 14.4. The third kappa shape index (κ3) is 3.13. The Kier molecular flexibility index (Phi) is 4.32. The maximum absolute atomic E-state index is 15.0. The summed E-state index contributed by atoms with van der Waals surface area (Å²) in [5.74, 6) is -0.710. The van der Waals surface area contributed by atoms with E-state index in [-0.39, 0.29) is 23.3 Å². The SMILES string of the molecule is Cn1ncc2c(N)nc3cc(F)c(C(=O)N(Cc4ccc(Cl)nc4)C4CC4)cc3c21. The van der Waals surface area contributed by atoms with E-state index >= 15 is 0 Å². The Bertz CT molecular complexity index is 1300. The summed E-state index contributed by atoms with van der Waals surface area (Å²) in [6, 6.07) is 6.41. The summed E-state index contributed by atoms with van der Waals surface area (Å²) in [5, 5.41) is 5.91. The van der Waals surface area contributed by atoms with Crippen LogP contribution in [0.2, 0.25) is 5.15 Å². The minimum atomic E-state index is -0.624. The quantitative estimate of drug-likeness (QED) is 0.504. The summed E-state index contributed by atoms with van der Waals surface area (Å²) in [6.45, 7) is 0.340. The Morgan fingerprint density at radius 2 is 2.10 bits per heavy atom. The third-order valence-electron chi connectivity index (χ3n) is 5.42. The Morgan fingerprint density at radius 1 is 1.30 bits per heavy atom. The van der Waals surface area contributed by atoms with Crippen LogP contribution in [0.15, 0.2) is 36.7 Å². The van der Waals surface area contributed by atoms with Gasteiger partial charge in [-0.05, 0) is 30.5 Å². The molecule has 1 aliphatic carbocycles. The highest BCUT2D eigenvalue weighted by Gasteiger charge is 2.34. The summed E-state index contributed by atoms with van der Waals surface area (Å²) in [4.78, 5) is 23.4. The first-order valence-electron chi connectivity index (χ1n) is 9.54. The fraction of sp³-hybridized carbons (Fsp3) is 0.238. The summed E-state index contributed by atoms with van der Waals surface area (Å²) in [6.07, 6.45) is 5.04. The molecule has 4 aromatic rings. The predicted octanol–water partition coefficient (Wildman–Crippen LogP) is 3.70. The normalized spacial score (nSPS) is 13.8. The molecule has 9 heteroatoms. The molecule has 1 aromatic carbocycles. The third-order valence-corrected chi connectivity index (χ3v) is 5.64. The molecule has 2 N–H and O–H groups in total. The standard InChI is InChI=1S/C21H18ClFN6O/c1-28-19-14-6-13(16(23)7-17(14)27-20(24)15(19)9-26-28)21(30)29(12-3-4-12)10-11-2-5-18(22)25-8-11/h2,5-9,12H,3-4,10H2,1H3,(H2,24,27). The largest absolute Gasteiger partial charge is 0.383 e. The lowest BCUT2D eigenvalue weighted by atomic mass is 10.1. The number of anilines is 1. The number of nitrogens with zero attached hydrogens (tertiary/aromatic N) is 5. The van der Waals surface area contributed by atoms with Crippen molar-refractivity contribution in [2.75, 3.05) is 5.73 Å². The van der Waals surface area contributed by atoms with Crippen molar-refractivity contribution < 1.29 is 9.18 Å². The van der Waals surface area contributed by atoms with E-state index in [0.29, 0.717) is 33.5 Å². The molecule has 0 spiro atoms. The maximum atomic E-state index is 15.0. The molecule has 0 bridgehead atoms. The minimum absolute atomic E-state index is 0.00499. The molecule has 7 nitrogen and oxygen atoms in total. The van der Waals surface area contributed by atoms with Crippen LogP contribution in [-0.2, 0) is 13.6 Å². The van der Waals surface area contributed by atoms with E-state index in [4.69, 9.17) is 17.3 Å². The monoisotopic (exact) mass is 424 g/mol. The Morgan fingerprint density at radius 3 is 2.80 bits per heavy atom. The van der Waals surface area contributed by atoms with Crippen LogP contribution in [0.5, 0.6) is 0 Å². The summed E-state index contributed by atoms with van der Waals surface area (Å²) in [5.41, 5.74) is 7.94. The highest BCUT2D eigenvalue weighted by atomic mass is 35.5. The first-order valence-corrected chi connectivity index (χ1v) is 9.92. The number of carbonyl (C=O) groups excluding carboxylic acids is 1. The van der Waals surface area contributed by atoms with Crippen molar-refractivity contribution in [2.45, 2.75) is 25.4 Å². The molecule has 1 amide bonds. The van der Waals surface area contributed by atoms with E-state index in [1.807, 2.05) is 6.07 Å². The average molecular weight is 425 g/mol. The number of pyridine rings is 2. The number of amides is 1. The Labute approximate surface area is 176 Å². The molecule has 3 aromatic heterocycles. The molecule has 0 unspecified atom stereocenters. The van der Waals surface area contributed by atoms with Crippen LogP contribution in [0.3, 0.4) is 0 Å². The van der Waals surface area contributed by atoms with Gasteiger partial charge < -0.3 is 10.6 Å². The lowest BCUT2D eigenvalue weighted by Gasteiger charge is -2.23. The van der Waals surface area contributed by atoms with Gasteiger partial charge in [-0.25, -0.2) is 14.4 Å². The molecular formula is C21H18ClFN6O. The van der Waals surface area contributed by atoms with Gasteiger partial charge in [-0.15, -0.1) is 0 Å². The number of benzene rings is 1. The molecule has 5 rings (SSSR count). The molecule has 3 heterocycles. The van der Waals surface area contributed by atoms with Gasteiger partial charge >= 0.3 is 0 Å². The van der Waals surface area contributed by atoms with Gasteiger partial charge in [0, 0.05) is 37.3 Å². The van der Waals surface area contributed by atoms with Crippen LogP contribution >= 0.6 is 11.6 Å². The van der Waals surface area contributed by atoms with Gasteiger partial charge in [0.1, 0.15) is 16.8 Å². The second-order valence-corrected chi connectivity index (χ2v) is 7.92. The van der Waals surface area contributed by atoms with Gasteiger partial charge in [-0.3, -0.25) is 9.48 Å². The zero-order valence-corrected chi connectivity index (χ0v) is 16.9. The number of aromatic nitrogens is 4. The average Bonchev–Trinajstić information content (AvgIpc) is 3.48. The van der Waals surface area contributed by atoms with Gasteiger partial charge in [0.05, 0.1) is 28.2 Å². The van der Waals surface area contributed by atoms with E-state index < -0.39 is 5.82 Å². The second-order valence-electron chi connectivity index (χ2n) is 7.53. The summed E-state index contributed by atoms with van der Waals surface area (Å²) in [7, 11) is 1.77. The number of halogens is 2. The van der Waals surface area contributed by atoms with E-state index in [1.54, 1.807) is 41.2 Å². The van der Waals surface area contributed by atoms with Crippen LogP contribution in [0, 0.1) is 5.82 Å². The molecule has 1 saturated carbocycles. The molecule has 0 atom stereocenters. The highest BCUT2D eigenvalue weighted by molar-refractivity contribution is 6.29. The summed E-state index contributed by atoms with van der Waals surface area (Å²) < 4.78 is 16.6. The number of fused-ring (bicyclic) bond motifs is 3. The van der Waals surface area contributed by atoms with Gasteiger partial charge in [0.15, 0.2) is 0 Å². The number of nitrogens with two attached hydrogens (primary N) is 1. The van der Waals surface area contributed by atoms with E-state index in [9.17, 15) is 9.18 Å². The number of hydrogen-bond donors (Lipinski definition) is 1. The lowest BCUT2D eigenvalue weighted by molar-refractivity contribution is 0.0725. The number of nitrogen functional groups attached to an aromatic ring is 1. The highest BCUT2D eigenvalue weighted by Crippen LogP contribution is 2.33. The van der Waals surface area contributed by atoms with Crippen molar-refractivity contribution >= 4 is 45.1 Å². The van der Waals surface area contributed by atoms with E-state index in [1.165, 1.54) is 6.07 Å². The van der Waals surface area contributed by atoms with Gasteiger partial charge in [0.2, 0.25) is 0 Å². The van der Waals surface area contributed by atoms with Crippen LogP contribution in [0.25, 0.3) is 21.8 Å². The minimum Gasteiger partial charge on any atom is -0.383 e. The second kappa shape index (κ2) is 6.91. The molecule has 152 valence electrons. The van der Waals surface area contributed by atoms with Gasteiger partial charge in [-0.2, -0.15) is 5.10 Å². The fourth-order valence-corrected chi connectivity index (χ4v) is 3.86. The van der Waals surface area contributed by atoms with Crippen LogP contribution < -0.4 is 5.73 Å². The molecule has 30 heavy (non-hydrogen) atoms. The molecule has 1 aliphatic rings. The molecule has 1 fully saturated rings. The number of rotatable bonds is 4. The smallest absolute Gasteiger partial charge is 0.257 e. The van der Waals surface area contributed by atoms with Crippen molar-refractivity contribution in [3.05, 3.63) is 58.8 Å². The van der Waals surface area contributed by atoms with Crippen LogP contribution in [-0.4, -0.2) is 36.6 Å². The molecule has 0 radical (unpaired) electrons. The van der Waals surface area contributed by atoms with E-state index in [2.05, 4.69) is 15.1 Å². The number of hydrogen-bond acceptors (Lipinski definition) is 5. The Balaban J connectivity index is 1.60. The number of carbonyl (C=O) groups is 1. The predicted molar refractivity (Wildman–Crippen MR) is 113 cm³/mol. The van der Waals surface area contributed by atoms with Gasteiger partial charge in [-0.1, -0.05) is 17.7 Å². The van der Waals surface area contributed by atoms with E-state index in [0.717, 1.165) is 18.4 Å². The number of aryl methyl sites for hydroxylation is 1. The zero-order chi connectivity index (χ0) is 21.0. The molecular weight excluding hydrogens is 407 g/mol. The topological polar surface area (TPSA) is 89.9 Å². The zero-order valence-electron chi connectivity index (χ0n) is 16.1. The van der Waals surface area contributed by atoms with Crippen molar-refractivity contribution in [2.24, 2.45) is 7.05 Å². The van der Waals surface area contributed by atoms with Crippen molar-refractivity contribution in [1.82, 2.24) is 24.6 Å². The maximum Gasteiger partial charge on any atom is 0.257 e. The molecule has 0 aliphatic heterocycles. The van der Waals surface area contributed by atoms with Crippen molar-refractivity contribution in [1.29, 1.82) is 0 Å². The van der Waals surface area contributed by atoms with Crippen LogP contribution in [0.1, 0.15) is 28.8 Å². The molecule has 0 saturated heterocycles. The first kappa shape index (κ1) is 18.7. The summed E-state index contributed by atoms with van der Waals surface area (Å²) >= 11 is 5.86. The van der Waals surface area contributed by atoms with Crippen LogP contribution in [0.4, 0.5) is 10.2 Å². The fourth-order valence-electron chi connectivity index (χ4n) is 3.75. The van der Waals surface area contributed by atoms with Gasteiger partial charge in [0.25, 0.3) is 5.91 Å². The van der Waals surface area contributed by atoms with Crippen molar-refractivity contribution in [3.8, 4) is 0 Å². The Hall–Kier alpha value is -3.26. The van der Waals surface area contributed by atoms with Crippen molar-refractivity contribution in [3.63, 3.8) is 0 Å².